The molecule has 0 aliphatic carbocycles. The molecule has 2 rings (SSSR count). The van der Waals surface area contributed by atoms with Gasteiger partial charge in [-0.25, -0.2) is 12.8 Å². The quantitative estimate of drug-likeness (QED) is 0.789. The number of hydrogen-bond acceptors (Lipinski definition) is 2. The van der Waals surface area contributed by atoms with E-state index >= 15 is 0 Å². The first kappa shape index (κ1) is 13.5. The second-order valence-electron chi connectivity index (χ2n) is 5.08. The molecule has 18 heavy (non-hydrogen) atoms. The van der Waals surface area contributed by atoms with Crippen molar-refractivity contribution >= 4 is 9.84 Å². The van der Waals surface area contributed by atoms with Crippen molar-refractivity contribution in [3.63, 3.8) is 0 Å². The molecular formula is C14H19FO2S. The van der Waals surface area contributed by atoms with Crippen molar-refractivity contribution in [3.8, 4) is 0 Å². The molecule has 100 valence electrons. The summed E-state index contributed by atoms with van der Waals surface area (Å²) in [6.45, 7) is 2.11. The zero-order valence-electron chi connectivity index (χ0n) is 10.7. The van der Waals surface area contributed by atoms with Crippen LogP contribution in [0.5, 0.6) is 0 Å². The Morgan fingerprint density at radius 2 is 2.17 bits per heavy atom. The molecule has 0 spiro atoms. The molecule has 0 bridgehead atoms. The van der Waals surface area contributed by atoms with Gasteiger partial charge in [-0.2, -0.15) is 0 Å². The number of rotatable bonds is 3. The van der Waals surface area contributed by atoms with Gasteiger partial charge in [0.1, 0.15) is 5.82 Å². The molecule has 0 N–H and O–H groups in total. The third-order valence-corrected chi connectivity index (χ3v) is 5.58. The summed E-state index contributed by atoms with van der Waals surface area (Å²) in [7, 11) is -3.24. The molecule has 0 radical (unpaired) electrons. The van der Waals surface area contributed by atoms with E-state index in [2.05, 4.69) is 6.92 Å². The largest absolute Gasteiger partial charge is 0.224 e. The molecule has 4 heteroatoms. The van der Waals surface area contributed by atoms with Gasteiger partial charge in [-0.1, -0.05) is 19.8 Å². The average Bonchev–Trinajstić information content (AvgIpc) is 2.43. The van der Waals surface area contributed by atoms with E-state index in [0.29, 0.717) is 16.9 Å². The van der Waals surface area contributed by atoms with Crippen molar-refractivity contribution in [2.75, 3.05) is 5.75 Å². The summed E-state index contributed by atoms with van der Waals surface area (Å²) < 4.78 is 37.7. The molecule has 0 aromatic heterocycles. The number of sulfone groups is 1. The zero-order chi connectivity index (χ0) is 13.2. The van der Waals surface area contributed by atoms with Crippen LogP contribution >= 0.6 is 0 Å². The lowest BCUT2D eigenvalue weighted by molar-refractivity contribution is 0.472. The van der Waals surface area contributed by atoms with Crippen molar-refractivity contribution in [3.05, 3.63) is 29.6 Å². The van der Waals surface area contributed by atoms with Gasteiger partial charge in [0, 0.05) is 0 Å². The molecule has 1 aliphatic heterocycles. The molecule has 1 heterocycles. The van der Waals surface area contributed by atoms with Crippen LogP contribution in [0, 0.1) is 11.7 Å². The van der Waals surface area contributed by atoms with Crippen LogP contribution in [0.15, 0.2) is 23.1 Å². The van der Waals surface area contributed by atoms with Gasteiger partial charge in [-0.3, -0.25) is 0 Å². The van der Waals surface area contributed by atoms with Crippen LogP contribution in [0.2, 0.25) is 0 Å². The Balaban J connectivity index is 2.29. The van der Waals surface area contributed by atoms with Crippen LogP contribution in [0.3, 0.4) is 0 Å². The van der Waals surface area contributed by atoms with Crippen LogP contribution in [0.1, 0.15) is 38.2 Å². The van der Waals surface area contributed by atoms with Gasteiger partial charge in [-0.05, 0) is 48.9 Å². The minimum Gasteiger partial charge on any atom is -0.224 e. The lowest BCUT2D eigenvalue weighted by atomic mass is 9.96. The van der Waals surface area contributed by atoms with E-state index in [4.69, 9.17) is 0 Å². The van der Waals surface area contributed by atoms with Crippen molar-refractivity contribution in [1.82, 2.24) is 0 Å². The van der Waals surface area contributed by atoms with Gasteiger partial charge >= 0.3 is 0 Å². The van der Waals surface area contributed by atoms with Crippen molar-refractivity contribution in [2.45, 2.75) is 43.9 Å². The van der Waals surface area contributed by atoms with Crippen LogP contribution in [0.4, 0.5) is 4.39 Å². The van der Waals surface area contributed by atoms with Crippen LogP contribution < -0.4 is 0 Å². The van der Waals surface area contributed by atoms with Gasteiger partial charge < -0.3 is 0 Å². The smallest absolute Gasteiger partial charge is 0.178 e. The molecule has 2 nitrogen and oxygen atoms in total. The molecule has 0 amide bonds. The fourth-order valence-corrected chi connectivity index (χ4v) is 4.58. The molecule has 1 aromatic rings. The highest BCUT2D eigenvalue weighted by molar-refractivity contribution is 7.91. The lowest BCUT2D eigenvalue weighted by Gasteiger charge is -2.12. The Morgan fingerprint density at radius 3 is 2.89 bits per heavy atom. The predicted octanol–water partition coefficient (Wildman–Crippen LogP) is 3.35. The summed E-state index contributed by atoms with van der Waals surface area (Å²) in [5, 5.41) is 0. The molecule has 0 fully saturated rings. The molecule has 0 saturated heterocycles. The summed E-state index contributed by atoms with van der Waals surface area (Å²) >= 11 is 0. The van der Waals surface area contributed by atoms with Gasteiger partial charge in [-0.15, -0.1) is 0 Å². The lowest BCUT2D eigenvalue weighted by Crippen LogP contribution is -2.14. The Labute approximate surface area is 108 Å². The Hall–Kier alpha value is -0.900. The van der Waals surface area contributed by atoms with E-state index in [0.717, 1.165) is 25.7 Å². The van der Waals surface area contributed by atoms with E-state index in [-0.39, 0.29) is 17.5 Å². The minimum atomic E-state index is -3.24. The fraction of sp³-hybridized carbons (Fsp3) is 0.571. The van der Waals surface area contributed by atoms with E-state index in [1.807, 2.05) is 0 Å². The summed E-state index contributed by atoms with van der Waals surface area (Å²) in [4.78, 5) is 0.336. The Bertz CT molecular complexity index is 523. The maximum atomic E-state index is 13.2. The average molecular weight is 270 g/mol. The summed E-state index contributed by atoms with van der Waals surface area (Å²) in [6.07, 6.45) is 4.60. The van der Waals surface area contributed by atoms with E-state index in [1.54, 1.807) is 0 Å². The van der Waals surface area contributed by atoms with Gasteiger partial charge in [0.2, 0.25) is 0 Å². The standard InChI is InChI=1S/C14H19FO2S/c1-2-3-4-11-5-6-12-9-13(15)7-8-14(12)18(16,17)10-11/h7-9,11H,2-6,10H2,1H3. The van der Waals surface area contributed by atoms with E-state index in [1.165, 1.54) is 18.2 Å². The summed E-state index contributed by atoms with van der Waals surface area (Å²) in [5.74, 6) is 0.0763. The number of fused-ring (bicyclic) bond motifs is 1. The Morgan fingerprint density at radius 1 is 1.39 bits per heavy atom. The van der Waals surface area contributed by atoms with E-state index < -0.39 is 9.84 Å². The molecule has 1 unspecified atom stereocenters. The van der Waals surface area contributed by atoms with Crippen LogP contribution in [-0.4, -0.2) is 14.2 Å². The third kappa shape index (κ3) is 2.91. The van der Waals surface area contributed by atoms with Crippen molar-refractivity contribution in [2.24, 2.45) is 5.92 Å². The minimum absolute atomic E-state index is 0.213. The highest BCUT2D eigenvalue weighted by Gasteiger charge is 2.27. The first-order valence-electron chi connectivity index (χ1n) is 6.54. The molecule has 1 atom stereocenters. The summed E-state index contributed by atoms with van der Waals surface area (Å²) in [5.41, 5.74) is 0.647. The van der Waals surface area contributed by atoms with E-state index in [9.17, 15) is 12.8 Å². The monoisotopic (exact) mass is 270 g/mol. The summed E-state index contributed by atoms with van der Waals surface area (Å²) in [6, 6.07) is 4.03. The number of benzene rings is 1. The predicted molar refractivity (Wildman–Crippen MR) is 69.8 cm³/mol. The first-order valence-corrected chi connectivity index (χ1v) is 8.19. The van der Waals surface area contributed by atoms with Crippen molar-refractivity contribution < 1.29 is 12.8 Å². The van der Waals surface area contributed by atoms with Crippen molar-refractivity contribution in [1.29, 1.82) is 0 Å². The van der Waals surface area contributed by atoms with Crippen LogP contribution in [0.25, 0.3) is 0 Å². The van der Waals surface area contributed by atoms with Crippen LogP contribution in [-0.2, 0) is 16.3 Å². The van der Waals surface area contributed by atoms with Gasteiger partial charge in [0.25, 0.3) is 0 Å². The number of unbranched alkanes of at least 4 members (excludes halogenated alkanes) is 1. The first-order chi connectivity index (χ1) is 8.53. The second-order valence-corrected chi connectivity index (χ2v) is 7.08. The molecular weight excluding hydrogens is 251 g/mol. The fourth-order valence-electron chi connectivity index (χ4n) is 2.61. The zero-order valence-corrected chi connectivity index (χ0v) is 11.5. The molecule has 1 aromatic carbocycles. The number of aryl methyl sites for hydroxylation is 1. The number of hydrogen-bond donors (Lipinski definition) is 0. The van der Waals surface area contributed by atoms with Gasteiger partial charge in [0.15, 0.2) is 9.84 Å². The topological polar surface area (TPSA) is 34.1 Å². The maximum absolute atomic E-state index is 13.2. The van der Waals surface area contributed by atoms with Gasteiger partial charge in [0.05, 0.1) is 10.6 Å². The Kier molecular flexibility index (Phi) is 4.05. The highest BCUT2D eigenvalue weighted by atomic mass is 32.2. The maximum Gasteiger partial charge on any atom is 0.178 e. The second kappa shape index (κ2) is 5.39. The normalized spacial score (nSPS) is 22.2. The highest BCUT2D eigenvalue weighted by Crippen LogP contribution is 2.29. The SMILES string of the molecule is CCCCC1CCc2cc(F)ccc2S(=O)(=O)C1. The molecule has 0 saturated carbocycles. The third-order valence-electron chi connectivity index (χ3n) is 3.60. The molecule has 1 aliphatic rings. The number of halogens is 1.